The van der Waals surface area contributed by atoms with Crippen molar-refractivity contribution < 1.29 is 14.3 Å². The molecule has 0 amide bonds. The van der Waals surface area contributed by atoms with E-state index in [1.807, 2.05) is 6.92 Å². The Morgan fingerprint density at radius 1 is 1.22 bits per heavy atom. The molecule has 27 heavy (non-hydrogen) atoms. The van der Waals surface area contributed by atoms with Crippen LogP contribution in [0.1, 0.15) is 25.3 Å². The number of carbonyl (C=O) groups is 2. The zero-order chi connectivity index (χ0) is 19.7. The summed E-state index contributed by atoms with van der Waals surface area (Å²) in [5.41, 5.74) is 2.00. The van der Waals surface area contributed by atoms with Gasteiger partial charge in [0.15, 0.2) is 17.3 Å². The zero-order valence-corrected chi connectivity index (χ0v) is 16.4. The molecule has 2 aliphatic heterocycles. The summed E-state index contributed by atoms with van der Waals surface area (Å²) in [6.45, 7) is 5.71. The Morgan fingerprint density at radius 2 is 1.89 bits per heavy atom. The lowest BCUT2D eigenvalue weighted by Gasteiger charge is -2.23. The smallest absolute Gasteiger partial charge is 0.215 e. The lowest BCUT2D eigenvalue weighted by atomic mass is 10.0. The van der Waals surface area contributed by atoms with Crippen molar-refractivity contribution in [3.05, 3.63) is 51.7 Å². The van der Waals surface area contributed by atoms with Gasteiger partial charge in [0, 0.05) is 30.0 Å². The Morgan fingerprint density at radius 3 is 2.52 bits per heavy atom. The monoisotopic (exact) mass is 405 g/mol. The third-order valence-corrected chi connectivity index (χ3v) is 4.79. The molecular weight excluding hydrogens is 389 g/mol. The summed E-state index contributed by atoms with van der Waals surface area (Å²) in [5, 5.41) is 6.22. The Balaban J connectivity index is 1.92. The van der Waals surface area contributed by atoms with Crippen LogP contribution in [0, 0.1) is 0 Å². The van der Waals surface area contributed by atoms with Gasteiger partial charge in [0.2, 0.25) is 5.90 Å². The van der Waals surface area contributed by atoms with Crippen molar-refractivity contribution in [3.8, 4) is 5.75 Å². The number of rotatable bonds is 3. The molecule has 0 fully saturated rings. The summed E-state index contributed by atoms with van der Waals surface area (Å²) < 4.78 is 5.71. The molecule has 0 atom stereocenters. The van der Waals surface area contributed by atoms with Crippen molar-refractivity contribution in [3.63, 3.8) is 0 Å². The SMILES string of the molecule is C=C1CC(=O)C(c2cc(Cl)c(OC3=NCC(=O)C(CC)=C3)c(Cl)c2)=NN1C. The number of halogens is 2. The van der Waals surface area contributed by atoms with Crippen LogP contribution in [0.5, 0.6) is 5.75 Å². The lowest BCUT2D eigenvalue weighted by molar-refractivity contribution is -0.114. The summed E-state index contributed by atoms with van der Waals surface area (Å²) in [6, 6.07) is 3.14. The number of nitrogens with zero attached hydrogens (tertiary/aromatic N) is 3. The first-order valence-corrected chi connectivity index (χ1v) is 9.04. The fourth-order valence-electron chi connectivity index (χ4n) is 2.66. The number of ketones is 2. The molecule has 0 aromatic heterocycles. The van der Waals surface area contributed by atoms with Crippen molar-refractivity contribution in [1.29, 1.82) is 0 Å². The summed E-state index contributed by atoms with van der Waals surface area (Å²) in [7, 11) is 1.72. The number of allylic oxidation sites excluding steroid dienone is 1. The highest BCUT2D eigenvalue weighted by atomic mass is 35.5. The normalized spacial score (nSPS) is 17.6. The minimum Gasteiger partial charge on any atom is -0.436 e. The van der Waals surface area contributed by atoms with Crippen LogP contribution in [-0.2, 0) is 9.59 Å². The van der Waals surface area contributed by atoms with Gasteiger partial charge in [-0.25, -0.2) is 4.99 Å². The maximum Gasteiger partial charge on any atom is 0.215 e. The molecule has 0 spiro atoms. The topological polar surface area (TPSA) is 71.3 Å². The molecule has 0 aliphatic carbocycles. The van der Waals surface area contributed by atoms with E-state index in [2.05, 4.69) is 16.7 Å². The van der Waals surface area contributed by atoms with Crippen molar-refractivity contribution in [2.75, 3.05) is 13.6 Å². The van der Waals surface area contributed by atoms with E-state index in [4.69, 9.17) is 27.9 Å². The van der Waals surface area contributed by atoms with E-state index in [1.54, 1.807) is 30.3 Å². The molecule has 0 saturated heterocycles. The number of Topliss-reactive ketones (excluding diaryl/α,β-unsaturated/α-hetero) is 2. The van der Waals surface area contributed by atoms with Gasteiger partial charge in [-0.2, -0.15) is 5.10 Å². The van der Waals surface area contributed by atoms with E-state index in [1.165, 1.54) is 0 Å². The Kier molecular flexibility index (Phi) is 5.48. The van der Waals surface area contributed by atoms with Crippen LogP contribution in [0.4, 0.5) is 0 Å². The van der Waals surface area contributed by atoms with Gasteiger partial charge in [0.25, 0.3) is 0 Å². The zero-order valence-electron chi connectivity index (χ0n) is 14.9. The summed E-state index contributed by atoms with van der Waals surface area (Å²) in [4.78, 5) is 28.1. The number of carbonyl (C=O) groups excluding carboxylic acids is 2. The van der Waals surface area contributed by atoms with Crippen LogP contribution in [0.15, 0.2) is 46.2 Å². The average Bonchev–Trinajstić information content (AvgIpc) is 2.62. The Labute approximate surface area is 166 Å². The number of ether oxygens (including phenoxy) is 1. The first-order valence-electron chi connectivity index (χ1n) is 8.29. The van der Waals surface area contributed by atoms with E-state index in [-0.39, 0.29) is 51.9 Å². The third-order valence-electron chi connectivity index (χ3n) is 4.23. The standard InChI is InChI=1S/C19H17Cl2N3O3/c1-4-11-8-17(22-9-16(11)26)27-19-13(20)6-12(7-14(19)21)18-15(25)5-10(2)24(3)23-18/h6-8H,2,4-5,9H2,1,3H3. The molecule has 0 saturated carbocycles. The van der Waals surface area contributed by atoms with Crippen LogP contribution in [0.3, 0.4) is 0 Å². The summed E-state index contributed by atoms with van der Waals surface area (Å²) >= 11 is 12.7. The lowest BCUT2D eigenvalue weighted by Crippen LogP contribution is -2.28. The van der Waals surface area contributed by atoms with Gasteiger partial charge in [-0.3, -0.25) is 14.6 Å². The van der Waals surface area contributed by atoms with Crippen LogP contribution in [-0.4, -0.2) is 41.8 Å². The van der Waals surface area contributed by atoms with Gasteiger partial charge < -0.3 is 4.74 Å². The molecule has 1 aromatic carbocycles. The van der Waals surface area contributed by atoms with E-state index >= 15 is 0 Å². The molecule has 0 unspecified atom stereocenters. The van der Waals surface area contributed by atoms with Crippen LogP contribution >= 0.6 is 23.2 Å². The molecule has 0 radical (unpaired) electrons. The van der Waals surface area contributed by atoms with Crippen LogP contribution < -0.4 is 4.74 Å². The van der Waals surface area contributed by atoms with Gasteiger partial charge in [-0.1, -0.05) is 36.7 Å². The number of hydrogen-bond acceptors (Lipinski definition) is 6. The largest absolute Gasteiger partial charge is 0.436 e. The van der Waals surface area contributed by atoms with E-state index in [9.17, 15) is 9.59 Å². The van der Waals surface area contributed by atoms with Crippen molar-refractivity contribution in [2.24, 2.45) is 10.1 Å². The highest BCUT2D eigenvalue weighted by Gasteiger charge is 2.25. The van der Waals surface area contributed by atoms with Gasteiger partial charge in [0.05, 0.1) is 16.5 Å². The molecule has 0 bridgehead atoms. The molecule has 8 heteroatoms. The molecular formula is C19H17Cl2N3O3. The number of aliphatic imine (C=N–C) groups is 1. The minimum atomic E-state index is -0.162. The quantitative estimate of drug-likeness (QED) is 0.766. The predicted octanol–water partition coefficient (Wildman–Crippen LogP) is 3.81. The Bertz CT molecular complexity index is 925. The molecule has 6 nitrogen and oxygen atoms in total. The fourth-order valence-corrected chi connectivity index (χ4v) is 3.23. The minimum absolute atomic E-state index is 0.0306. The molecule has 1 aromatic rings. The second-order valence-corrected chi connectivity index (χ2v) is 6.92. The van der Waals surface area contributed by atoms with Crippen LogP contribution in [0.2, 0.25) is 10.0 Å². The molecule has 2 heterocycles. The van der Waals surface area contributed by atoms with E-state index in [0.717, 1.165) is 0 Å². The van der Waals surface area contributed by atoms with E-state index < -0.39 is 0 Å². The maximum absolute atomic E-state index is 12.3. The first kappa shape index (κ1) is 19.3. The number of hydrazone groups is 1. The van der Waals surface area contributed by atoms with Crippen molar-refractivity contribution >= 4 is 46.4 Å². The highest BCUT2D eigenvalue weighted by Crippen LogP contribution is 2.35. The highest BCUT2D eigenvalue weighted by molar-refractivity contribution is 6.48. The second kappa shape index (κ2) is 7.66. The summed E-state index contributed by atoms with van der Waals surface area (Å²) in [5.74, 6) is 0.287. The average molecular weight is 406 g/mol. The molecule has 3 rings (SSSR count). The third kappa shape index (κ3) is 3.96. The van der Waals surface area contributed by atoms with Crippen LogP contribution in [0.25, 0.3) is 0 Å². The summed E-state index contributed by atoms with van der Waals surface area (Å²) in [6.07, 6.45) is 2.35. The van der Waals surface area contributed by atoms with Crippen molar-refractivity contribution in [1.82, 2.24) is 5.01 Å². The van der Waals surface area contributed by atoms with Gasteiger partial charge >= 0.3 is 0 Å². The molecule has 140 valence electrons. The molecule has 0 N–H and O–H groups in total. The number of hydrogen-bond donors (Lipinski definition) is 0. The number of dihydropyridines is 1. The maximum atomic E-state index is 12.3. The van der Waals surface area contributed by atoms with Gasteiger partial charge in [-0.05, 0) is 18.6 Å². The first-order chi connectivity index (χ1) is 12.8. The Hall–Kier alpha value is -2.44. The van der Waals surface area contributed by atoms with Gasteiger partial charge in [0.1, 0.15) is 12.3 Å². The number of benzene rings is 1. The van der Waals surface area contributed by atoms with E-state index in [0.29, 0.717) is 23.3 Å². The van der Waals surface area contributed by atoms with Crippen molar-refractivity contribution in [2.45, 2.75) is 19.8 Å². The van der Waals surface area contributed by atoms with Gasteiger partial charge in [-0.15, -0.1) is 0 Å². The second-order valence-electron chi connectivity index (χ2n) is 6.11. The fraction of sp³-hybridized carbons (Fsp3) is 0.263. The molecule has 2 aliphatic rings. The predicted molar refractivity (Wildman–Crippen MR) is 106 cm³/mol.